The fourth-order valence-electron chi connectivity index (χ4n) is 1.04. The molecule has 25 nitrogen and oxygen atoms in total. The number of hydrogen-bond donors (Lipinski definition) is 0. The van der Waals surface area contributed by atoms with E-state index >= 15 is 0 Å². The van der Waals surface area contributed by atoms with Crippen molar-refractivity contribution in [1.29, 1.82) is 0 Å². The molecular formula is C2H6O25P8-8. The fourth-order valence-corrected chi connectivity index (χ4v) is 11.5. The Morgan fingerprint density at radius 2 is 0.600 bits per heavy atom. The van der Waals surface area contributed by atoms with E-state index in [4.69, 9.17) is 0 Å². The molecule has 0 aromatic rings. The molecule has 0 aromatic heterocycles. The van der Waals surface area contributed by atoms with Crippen molar-refractivity contribution in [1.82, 2.24) is 0 Å². The summed E-state index contributed by atoms with van der Waals surface area (Å²) in [5.74, 6) is 0. The highest BCUT2D eigenvalue weighted by Crippen LogP contribution is 2.80. The Morgan fingerprint density at radius 3 is 0.800 bits per heavy atom. The van der Waals surface area contributed by atoms with Gasteiger partial charge in [0, 0.05) is 14.2 Å². The molecule has 0 heterocycles. The zero-order chi connectivity index (χ0) is 28.4. The highest BCUT2D eigenvalue weighted by molar-refractivity contribution is 7.76. The third-order valence-corrected chi connectivity index (χ3v) is 13.9. The Bertz CT molecular complexity index is 1040. The van der Waals surface area contributed by atoms with Crippen LogP contribution in [0.2, 0.25) is 0 Å². The Kier molecular flexibility index (Phi) is 12.5. The van der Waals surface area contributed by atoms with Crippen molar-refractivity contribution in [2.75, 3.05) is 14.2 Å². The second-order valence-electron chi connectivity index (χ2n) is 4.51. The van der Waals surface area contributed by atoms with Gasteiger partial charge in [0.15, 0.2) is 0 Å². The first-order chi connectivity index (χ1) is 15.1. The van der Waals surface area contributed by atoms with Gasteiger partial charge in [-0.05, 0) is 0 Å². The van der Waals surface area contributed by atoms with Gasteiger partial charge in [0.2, 0.25) is 0 Å². The van der Waals surface area contributed by atoms with E-state index in [2.05, 4.69) is 39.2 Å². The molecule has 0 spiro atoms. The van der Waals surface area contributed by atoms with Crippen molar-refractivity contribution in [3.05, 3.63) is 0 Å². The van der Waals surface area contributed by atoms with E-state index in [1.165, 1.54) is 0 Å². The second kappa shape index (κ2) is 12.1. The van der Waals surface area contributed by atoms with Gasteiger partial charge in [0.05, 0.1) is 15.6 Å². The van der Waals surface area contributed by atoms with Gasteiger partial charge in [-0.1, -0.05) is 0 Å². The Balaban J connectivity index is 6.69. The van der Waals surface area contributed by atoms with Crippen LogP contribution in [0.15, 0.2) is 0 Å². The summed E-state index contributed by atoms with van der Waals surface area (Å²) in [5, 5.41) is 0. The SMILES string of the molecule is COP(=O)([O-])OP(=O)(OP(=O)([O-])OP(=O)([O-])[O-])OP(=O)(OP(=O)([O-])OC)OP(=O)([O-])OP(=O)([O-])[O-]. The van der Waals surface area contributed by atoms with Crippen LogP contribution in [0.4, 0.5) is 0 Å². The maximum absolute atomic E-state index is 12.4. The summed E-state index contributed by atoms with van der Waals surface area (Å²) in [6.07, 6.45) is 0. The van der Waals surface area contributed by atoms with Crippen LogP contribution in [0, 0.1) is 0 Å². The first-order valence-corrected chi connectivity index (χ1v) is 18.3. The number of phosphoric ester groups is 2. The van der Waals surface area contributed by atoms with Crippen LogP contribution in [0.25, 0.3) is 0 Å². The lowest BCUT2D eigenvalue weighted by Gasteiger charge is -2.38. The molecule has 212 valence electrons. The lowest BCUT2D eigenvalue weighted by molar-refractivity contribution is -0.341. The molecule has 0 aliphatic carbocycles. The van der Waals surface area contributed by atoms with Gasteiger partial charge in [-0.2, -0.15) is 4.31 Å². The quantitative estimate of drug-likeness (QED) is 0.141. The lowest BCUT2D eigenvalue weighted by Crippen LogP contribution is -2.20. The van der Waals surface area contributed by atoms with Crippen molar-refractivity contribution >= 4 is 62.6 Å². The zero-order valence-corrected chi connectivity index (χ0v) is 22.9. The normalized spacial score (nSPS) is 23.6. The topological polar surface area (TPSA) is 404 Å². The number of hydrogen-bond acceptors (Lipinski definition) is 25. The molecule has 0 amide bonds. The van der Waals surface area contributed by atoms with Gasteiger partial charge < -0.3 is 57.3 Å². The van der Waals surface area contributed by atoms with Crippen molar-refractivity contribution in [3.63, 3.8) is 0 Å². The first-order valence-electron chi connectivity index (χ1n) is 6.66. The summed E-state index contributed by atoms with van der Waals surface area (Å²) in [6.45, 7) is 0. The van der Waals surface area contributed by atoms with Crippen LogP contribution in [-0.4, -0.2) is 14.2 Å². The molecule has 0 bridgehead atoms. The van der Waals surface area contributed by atoms with Crippen LogP contribution in [0.3, 0.4) is 0 Å². The minimum absolute atomic E-state index is 0.179. The van der Waals surface area contributed by atoms with E-state index in [-0.39, 0.29) is 14.2 Å². The molecule has 0 fully saturated rings. The number of rotatable bonds is 16. The molecule has 0 aromatic carbocycles. The van der Waals surface area contributed by atoms with Crippen molar-refractivity contribution in [3.8, 4) is 0 Å². The van der Waals surface area contributed by atoms with E-state index in [0.717, 1.165) is 0 Å². The molecule has 35 heavy (non-hydrogen) atoms. The molecule has 0 aliphatic heterocycles. The summed E-state index contributed by atoms with van der Waals surface area (Å²) in [5.41, 5.74) is 0. The van der Waals surface area contributed by atoms with Gasteiger partial charge >= 0.3 is 15.6 Å². The summed E-state index contributed by atoms with van der Waals surface area (Å²) in [6, 6.07) is 0. The number of phosphoric acid groups is 8. The van der Waals surface area contributed by atoms with Crippen LogP contribution < -0.4 is 39.1 Å². The standard InChI is InChI=1S/C2H14O25P8/c1-19-30(9,10)23-34(17,25-32(13,14)21-28(3,4)5)27-35(18,24-31(11,12)20-2)26-33(15,16)22-29(6,7)8/h1-2H3,(H,9,10)(H,11,12)(H,13,14)(H,15,16)(H2,3,4,5)(H2,6,7,8)/p-8. The summed E-state index contributed by atoms with van der Waals surface area (Å²) in [7, 11) is -53.4. The van der Waals surface area contributed by atoms with Crippen LogP contribution in [0.5, 0.6) is 0 Å². The first kappa shape index (κ1) is 36.2. The molecule has 6 atom stereocenters. The molecule has 0 saturated heterocycles. The Hall–Kier alpha value is 1.16. The van der Waals surface area contributed by atoms with Gasteiger partial charge in [-0.15, -0.1) is 0 Å². The molecule has 0 rings (SSSR count). The minimum Gasteiger partial charge on any atom is -0.790 e. The van der Waals surface area contributed by atoms with Crippen LogP contribution in [-0.2, 0) is 75.7 Å². The predicted molar refractivity (Wildman–Crippen MR) is 82.5 cm³/mol. The van der Waals surface area contributed by atoms with Crippen LogP contribution in [0.1, 0.15) is 0 Å². The van der Waals surface area contributed by atoms with E-state index in [1.54, 1.807) is 0 Å². The average molecular weight is 678 g/mol. The third kappa shape index (κ3) is 16.0. The van der Waals surface area contributed by atoms with Crippen molar-refractivity contribution in [2.45, 2.75) is 0 Å². The summed E-state index contributed by atoms with van der Waals surface area (Å²) >= 11 is 0. The van der Waals surface area contributed by atoms with Gasteiger partial charge in [-0.25, -0.2) is 26.4 Å². The second-order valence-corrected chi connectivity index (χ2v) is 17.0. The fraction of sp³-hybridized carbons (Fsp3) is 1.00. The Labute approximate surface area is 192 Å². The van der Waals surface area contributed by atoms with Crippen LogP contribution >= 0.6 is 62.6 Å². The smallest absolute Gasteiger partial charge is 0.496 e. The molecule has 0 N–H and O–H groups in total. The van der Waals surface area contributed by atoms with E-state index < -0.39 is 62.6 Å². The largest absolute Gasteiger partial charge is 0.790 e. The minimum atomic E-state index is -7.09. The van der Waals surface area contributed by atoms with E-state index in [9.17, 15) is 75.7 Å². The maximum Gasteiger partial charge on any atom is 0.496 e. The highest BCUT2D eigenvalue weighted by Gasteiger charge is 2.49. The van der Waals surface area contributed by atoms with Gasteiger partial charge in [0.1, 0.15) is 0 Å². The molecule has 0 saturated carbocycles. The monoisotopic (exact) mass is 678 g/mol. The maximum atomic E-state index is 12.4. The Morgan fingerprint density at radius 1 is 0.371 bits per heavy atom. The van der Waals surface area contributed by atoms with E-state index in [0.29, 0.717) is 0 Å². The van der Waals surface area contributed by atoms with Gasteiger partial charge in [-0.3, -0.25) is 26.9 Å². The molecule has 0 radical (unpaired) electrons. The van der Waals surface area contributed by atoms with Crippen molar-refractivity contribution in [2.24, 2.45) is 0 Å². The van der Waals surface area contributed by atoms with Crippen molar-refractivity contribution < 1.29 is 115 Å². The van der Waals surface area contributed by atoms with Gasteiger partial charge in [0.25, 0.3) is 31.3 Å². The molecule has 0 aliphatic rings. The average Bonchev–Trinajstić information content (AvgIpc) is 2.45. The highest BCUT2D eigenvalue weighted by atomic mass is 31.3. The predicted octanol–water partition coefficient (Wildman–Crippen LogP) is -3.86. The molecule has 6 unspecified atom stereocenters. The molecule has 33 heteroatoms. The molecular weight excluding hydrogens is 672 g/mol. The summed E-state index contributed by atoms with van der Waals surface area (Å²) in [4.78, 5) is 87.2. The zero-order valence-electron chi connectivity index (χ0n) is 15.8. The lowest BCUT2D eigenvalue weighted by atomic mass is 11.8. The third-order valence-electron chi connectivity index (χ3n) is 1.85. The summed E-state index contributed by atoms with van der Waals surface area (Å²) < 4.78 is 120. The van der Waals surface area contributed by atoms with E-state index in [1.807, 2.05) is 0 Å².